The summed E-state index contributed by atoms with van der Waals surface area (Å²) in [5.41, 5.74) is 8.56. The van der Waals surface area contributed by atoms with Crippen LogP contribution in [0.1, 0.15) is 76.3 Å². The minimum atomic E-state index is -0.0853. The summed E-state index contributed by atoms with van der Waals surface area (Å²) in [6.45, 7) is 11.5. The van der Waals surface area contributed by atoms with Crippen LogP contribution in [0, 0.1) is 0 Å². The normalized spacial score (nSPS) is 11.7. The van der Waals surface area contributed by atoms with Crippen LogP contribution in [0.3, 0.4) is 0 Å². The molecule has 212 valence electrons. The number of benzene rings is 3. The maximum absolute atomic E-state index is 14.1. The van der Waals surface area contributed by atoms with Gasteiger partial charge in [0.1, 0.15) is 0 Å². The fraction of sp³-hybridized carbons (Fsp3) is 0.353. The van der Waals surface area contributed by atoms with E-state index in [1.807, 2.05) is 27.3 Å². The number of aryl methyl sites for hydroxylation is 2. The molecule has 0 unspecified atom stereocenters. The van der Waals surface area contributed by atoms with Crippen molar-refractivity contribution in [2.45, 2.75) is 78.7 Å². The molecule has 2 heterocycles. The quantitative estimate of drug-likeness (QED) is 0.188. The molecule has 1 N–H and O–H groups in total. The average Bonchev–Trinajstić information content (AvgIpc) is 3.62. The van der Waals surface area contributed by atoms with Gasteiger partial charge in [0.25, 0.3) is 0 Å². The van der Waals surface area contributed by atoms with Crippen LogP contribution in [0.4, 0.5) is 0 Å². The Bertz CT molecular complexity index is 1650. The Morgan fingerprint density at radius 3 is 2.29 bits per heavy atom. The monoisotopic (exact) mass is 548 g/mol. The summed E-state index contributed by atoms with van der Waals surface area (Å²) in [5, 5.41) is 14.6. The molecule has 5 rings (SSSR count). The summed E-state index contributed by atoms with van der Waals surface area (Å²) in [6, 6.07) is 22.9. The highest BCUT2D eigenvalue weighted by Crippen LogP contribution is 2.32. The lowest BCUT2D eigenvalue weighted by atomic mass is 9.84. The molecule has 0 atom stereocenters. The Labute approximate surface area is 242 Å². The van der Waals surface area contributed by atoms with Gasteiger partial charge in [-0.3, -0.25) is 9.13 Å². The Morgan fingerprint density at radius 2 is 1.63 bits per heavy atom. The number of H-pyrrole nitrogens is 1. The lowest BCUT2D eigenvalue weighted by molar-refractivity contribution is 0.583. The second-order valence-electron chi connectivity index (χ2n) is 11.7. The molecule has 5 aromatic rings. The third kappa shape index (κ3) is 5.94. The summed E-state index contributed by atoms with van der Waals surface area (Å²) in [4.78, 5) is 14.1. The molecule has 41 heavy (non-hydrogen) atoms. The average molecular weight is 549 g/mol. The first-order valence-corrected chi connectivity index (χ1v) is 14.7. The maximum atomic E-state index is 14.1. The molecule has 0 radical (unpaired) electrons. The molecular formula is C34H40N6O. The van der Waals surface area contributed by atoms with Crippen molar-refractivity contribution in [1.29, 1.82) is 0 Å². The molecule has 0 amide bonds. The number of imidazole rings is 1. The van der Waals surface area contributed by atoms with Crippen LogP contribution < -0.4 is 5.69 Å². The van der Waals surface area contributed by atoms with E-state index in [4.69, 9.17) is 0 Å². The highest BCUT2D eigenvalue weighted by atomic mass is 16.1. The standard InChI is InChI=1S/C34H40N6O/c1-6-8-9-14-27-23-40(31-25(7-2)13-12-17-30(31)34(3,4)5)33(41)39(27)22-24-18-20-26(21-19-24)28-15-10-11-16-29(28)32-35-37-38-36-32/h10-13,15-21,23H,6-9,14,22H2,1-5H3,(H,35,36,37,38). The van der Waals surface area contributed by atoms with E-state index in [2.05, 4.69) is 110 Å². The van der Waals surface area contributed by atoms with Crippen LogP contribution in [0.15, 0.2) is 77.7 Å². The van der Waals surface area contributed by atoms with E-state index in [-0.39, 0.29) is 11.1 Å². The number of rotatable bonds is 10. The number of para-hydroxylation sites is 1. The fourth-order valence-corrected chi connectivity index (χ4v) is 5.56. The van der Waals surface area contributed by atoms with Gasteiger partial charge in [-0.25, -0.2) is 4.79 Å². The van der Waals surface area contributed by atoms with Crippen LogP contribution in [0.25, 0.3) is 28.2 Å². The zero-order valence-electron chi connectivity index (χ0n) is 24.8. The van der Waals surface area contributed by atoms with E-state index in [0.717, 1.165) is 65.7 Å². The highest BCUT2D eigenvalue weighted by molar-refractivity contribution is 5.80. The lowest BCUT2D eigenvalue weighted by Gasteiger charge is -2.25. The van der Waals surface area contributed by atoms with E-state index >= 15 is 0 Å². The SMILES string of the molecule is CCCCCc1cn(-c2c(CC)cccc2C(C)(C)C)c(=O)n1Cc1ccc(-c2ccccc2-c2nn[nH]n2)cc1. The Balaban J connectivity index is 1.53. The first-order valence-electron chi connectivity index (χ1n) is 14.7. The number of aromatic nitrogens is 6. The second-order valence-corrected chi connectivity index (χ2v) is 11.7. The van der Waals surface area contributed by atoms with Gasteiger partial charge >= 0.3 is 5.69 Å². The smallest absolute Gasteiger partial charge is 0.292 e. The van der Waals surface area contributed by atoms with Crippen molar-refractivity contribution < 1.29 is 0 Å². The van der Waals surface area contributed by atoms with Gasteiger partial charge in [-0.15, -0.1) is 10.2 Å². The molecule has 3 aromatic carbocycles. The van der Waals surface area contributed by atoms with Gasteiger partial charge in [0.05, 0.1) is 12.2 Å². The van der Waals surface area contributed by atoms with Crippen LogP contribution in [0.5, 0.6) is 0 Å². The van der Waals surface area contributed by atoms with Crippen molar-refractivity contribution >= 4 is 0 Å². The fourth-order valence-electron chi connectivity index (χ4n) is 5.56. The second kappa shape index (κ2) is 12.1. The summed E-state index contributed by atoms with van der Waals surface area (Å²) in [5.74, 6) is 0.566. The van der Waals surface area contributed by atoms with Gasteiger partial charge in [-0.05, 0) is 57.7 Å². The largest absolute Gasteiger partial charge is 0.333 e. The molecule has 0 aliphatic heterocycles. The third-order valence-corrected chi connectivity index (χ3v) is 7.77. The molecule has 0 fully saturated rings. The Morgan fingerprint density at radius 1 is 0.878 bits per heavy atom. The zero-order valence-corrected chi connectivity index (χ0v) is 24.8. The summed E-state index contributed by atoms with van der Waals surface area (Å²) in [7, 11) is 0. The first kappa shape index (κ1) is 28.3. The molecule has 0 spiro atoms. The molecule has 0 aliphatic rings. The van der Waals surface area contributed by atoms with Gasteiger partial charge in [-0.1, -0.05) is 114 Å². The highest BCUT2D eigenvalue weighted by Gasteiger charge is 2.24. The maximum Gasteiger partial charge on any atom is 0.333 e. The Hall–Kier alpha value is -4.26. The van der Waals surface area contributed by atoms with Crippen LogP contribution in [-0.4, -0.2) is 29.8 Å². The van der Waals surface area contributed by atoms with Gasteiger partial charge in [-0.2, -0.15) is 5.21 Å². The van der Waals surface area contributed by atoms with Crippen molar-refractivity contribution in [3.05, 3.63) is 106 Å². The Kier molecular flexibility index (Phi) is 8.34. The molecule has 0 saturated heterocycles. The van der Waals surface area contributed by atoms with Crippen molar-refractivity contribution in [1.82, 2.24) is 29.8 Å². The number of nitrogens with one attached hydrogen (secondary N) is 1. The zero-order chi connectivity index (χ0) is 29.0. The molecule has 7 heteroatoms. The minimum Gasteiger partial charge on any atom is -0.292 e. The van der Waals surface area contributed by atoms with Gasteiger partial charge in [0.15, 0.2) is 0 Å². The van der Waals surface area contributed by atoms with Crippen molar-refractivity contribution in [3.63, 3.8) is 0 Å². The molecule has 7 nitrogen and oxygen atoms in total. The van der Waals surface area contributed by atoms with Gasteiger partial charge in [0, 0.05) is 17.5 Å². The topological polar surface area (TPSA) is 81.4 Å². The molecule has 0 bridgehead atoms. The summed E-state index contributed by atoms with van der Waals surface area (Å²) in [6.07, 6.45) is 7.20. The van der Waals surface area contributed by atoms with E-state index < -0.39 is 0 Å². The summed E-state index contributed by atoms with van der Waals surface area (Å²) < 4.78 is 3.88. The molecule has 0 aliphatic carbocycles. The molecule has 2 aromatic heterocycles. The number of tetrazole rings is 1. The van der Waals surface area contributed by atoms with E-state index in [9.17, 15) is 4.79 Å². The molecule has 0 saturated carbocycles. The van der Waals surface area contributed by atoms with E-state index in [0.29, 0.717) is 12.4 Å². The van der Waals surface area contributed by atoms with Crippen LogP contribution in [-0.2, 0) is 24.8 Å². The van der Waals surface area contributed by atoms with Crippen LogP contribution in [0.2, 0.25) is 0 Å². The lowest BCUT2D eigenvalue weighted by Crippen LogP contribution is -2.27. The number of hydrogen-bond donors (Lipinski definition) is 1. The van der Waals surface area contributed by atoms with E-state index in [1.165, 1.54) is 11.1 Å². The molecular weight excluding hydrogens is 508 g/mol. The predicted molar refractivity (Wildman–Crippen MR) is 165 cm³/mol. The van der Waals surface area contributed by atoms with Crippen LogP contribution >= 0.6 is 0 Å². The van der Waals surface area contributed by atoms with Crippen molar-refractivity contribution in [2.24, 2.45) is 0 Å². The number of hydrogen-bond acceptors (Lipinski definition) is 4. The van der Waals surface area contributed by atoms with Gasteiger partial charge in [0.2, 0.25) is 5.82 Å². The predicted octanol–water partition coefficient (Wildman–Crippen LogP) is 7.13. The van der Waals surface area contributed by atoms with Gasteiger partial charge < -0.3 is 0 Å². The number of aromatic amines is 1. The number of unbranched alkanes of at least 4 members (excludes halogenated alkanes) is 2. The third-order valence-electron chi connectivity index (χ3n) is 7.77. The minimum absolute atomic E-state index is 0.0226. The van der Waals surface area contributed by atoms with Crippen molar-refractivity contribution in [2.75, 3.05) is 0 Å². The summed E-state index contributed by atoms with van der Waals surface area (Å²) >= 11 is 0. The number of nitrogens with zero attached hydrogens (tertiary/aromatic N) is 5. The van der Waals surface area contributed by atoms with Crippen molar-refractivity contribution in [3.8, 4) is 28.2 Å². The van der Waals surface area contributed by atoms with E-state index in [1.54, 1.807) is 0 Å². The first-order chi connectivity index (χ1) is 19.8.